The molecule has 0 unspecified atom stereocenters. The van der Waals surface area contributed by atoms with Crippen molar-refractivity contribution in [1.29, 1.82) is 0 Å². The van der Waals surface area contributed by atoms with Gasteiger partial charge in [0.2, 0.25) is 5.91 Å². The zero-order valence-electron chi connectivity index (χ0n) is 13.2. The van der Waals surface area contributed by atoms with E-state index in [0.717, 1.165) is 20.8 Å². The Labute approximate surface area is 139 Å². The Hall–Kier alpha value is -2.46. The molecule has 23 heavy (non-hydrogen) atoms. The molecular formula is C19H18N2OS. The maximum atomic E-state index is 12.2. The predicted molar refractivity (Wildman–Crippen MR) is 96.3 cm³/mol. The van der Waals surface area contributed by atoms with E-state index in [1.807, 2.05) is 55.5 Å². The van der Waals surface area contributed by atoms with Gasteiger partial charge in [0, 0.05) is 13.1 Å². The van der Waals surface area contributed by atoms with Gasteiger partial charge in [-0.2, -0.15) is 0 Å². The van der Waals surface area contributed by atoms with E-state index in [9.17, 15) is 4.79 Å². The maximum Gasteiger partial charge on any atom is 0.246 e. The summed E-state index contributed by atoms with van der Waals surface area (Å²) in [5.41, 5.74) is 3.22. The Kier molecular flexibility index (Phi) is 4.53. The zero-order valence-corrected chi connectivity index (χ0v) is 14.0. The van der Waals surface area contributed by atoms with E-state index in [1.54, 1.807) is 29.4 Å². The van der Waals surface area contributed by atoms with Crippen LogP contribution >= 0.6 is 11.3 Å². The summed E-state index contributed by atoms with van der Waals surface area (Å²) < 4.78 is 1.15. The quantitative estimate of drug-likeness (QED) is 0.672. The van der Waals surface area contributed by atoms with Crippen LogP contribution in [0, 0.1) is 6.92 Å². The molecule has 3 rings (SSSR count). The SMILES string of the molecule is Cc1ccc(/C=C/C(=O)N(C)Cc2nc3ccccc3s2)cc1. The van der Waals surface area contributed by atoms with E-state index < -0.39 is 0 Å². The Morgan fingerprint density at radius 3 is 2.65 bits per heavy atom. The summed E-state index contributed by atoms with van der Waals surface area (Å²) in [7, 11) is 1.80. The largest absolute Gasteiger partial charge is 0.335 e. The number of amides is 1. The van der Waals surface area contributed by atoms with E-state index >= 15 is 0 Å². The maximum absolute atomic E-state index is 12.2. The number of fused-ring (bicyclic) bond motifs is 1. The molecule has 3 aromatic rings. The van der Waals surface area contributed by atoms with E-state index in [0.29, 0.717) is 6.54 Å². The average molecular weight is 322 g/mol. The summed E-state index contributed by atoms with van der Waals surface area (Å²) in [6, 6.07) is 16.1. The van der Waals surface area contributed by atoms with Crippen LogP contribution in [0.5, 0.6) is 0 Å². The third-order valence-corrected chi connectivity index (χ3v) is 4.60. The number of carbonyl (C=O) groups is 1. The lowest BCUT2D eigenvalue weighted by Crippen LogP contribution is -2.23. The van der Waals surface area contributed by atoms with Crippen molar-refractivity contribution in [3.8, 4) is 0 Å². The van der Waals surface area contributed by atoms with Crippen LogP contribution < -0.4 is 0 Å². The van der Waals surface area contributed by atoms with Crippen molar-refractivity contribution in [2.24, 2.45) is 0 Å². The molecule has 3 nitrogen and oxygen atoms in total. The Balaban J connectivity index is 1.66. The molecule has 0 radical (unpaired) electrons. The summed E-state index contributed by atoms with van der Waals surface area (Å²) in [4.78, 5) is 18.5. The molecule has 1 aromatic heterocycles. The van der Waals surface area contributed by atoms with Crippen LogP contribution in [0.4, 0.5) is 0 Å². The highest BCUT2D eigenvalue weighted by Gasteiger charge is 2.09. The topological polar surface area (TPSA) is 33.2 Å². The number of para-hydroxylation sites is 1. The molecule has 0 aliphatic carbocycles. The molecule has 0 saturated heterocycles. The van der Waals surface area contributed by atoms with Crippen LogP contribution in [0.15, 0.2) is 54.6 Å². The van der Waals surface area contributed by atoms with Gasteiger partial charge in [-0.15, -0.1) is 11.3 Å². The molecule has 4 heteroatoms. The second-order valence-electron chi connectivity index (χ2n) is 5.51. The molecule has 1 heterocycles. The first-order valence-corrected chi connectivity index (χ1v) is 8.28. The fourth-order valence-electron chi connectivity index (χ4n) is 2.24. The number of hydrogen-bond acceptors (Lipinski definition) is 3. The summed E-state index contributed by atoms with van der Waals surface area (Å²) in [6.45, 7) is 2.57. The summed E-state index contributed by atoms with van der Waals surface area (Å²) in [5.74, 6) is -0.0233. The molecular weight excluding hydrogens is 304 g/mol. The predicted octanol–water partition coefficient (Wildman–Crippen LogP) is 4.28. The zero-order chi connectivity index (χ0) is 16.2. The van der Waals surface area contributed by atoms with Gasteiger partial charge in [0.05, 0.1) is 16.8 Å². The number of rotatable bonds is 4. The van der Waals surface area contributed by atoms with Gasteiger partial charge >= 0.3 is 0 Å². The van der Waals surface area contributed by atoms with Crippen molar-refractivity contribution < 1.29 is 4.79 Å². The first kappa shape index (κ1) is 15.4. The van der Waals surface area contributed by atoms with Crippen LogP contribution in [0.25, 0.3) is 16.3 Å². The van der Waals surface area contributed by atoms with Gasteiger partial charge < -0.3 is 4.90 Å². The first-order valence-electron chi connectivity index (χ1n) is 7.46. The van der Waals surface area contributed by atoms with E-state index in [1.165, 1.54) is 5.56 Å². The standard InChI is InChI=1S/C19H18N2OS/c1-14-7-9-15(10-8-14)11-12-19(22)21(2)13-18-20-16-5-3-4-6-17(16)23-18/h3-12H,13H2,1-2H3/b12-11+. The van der Waals surface area contributed by atoms with Gasteiger partial charge in [0.15, 0.2) is 0 Å². The summed E-state index contributed by atoms with van der Waals surface area (Å²) in [6.07, 6.45) is 3.45. The number of benzene rings is 2. The number of carbonyl (C=O) groups excluding carboxylic acids is 1. The normalized spacial score (nSPS) is 11.2. The highest BCUT2D eigenvalue weighted by molar-refractivity contribution is 7.18. The van der Waals surface area contributed by atoms with E-state index in [4.69, 9.17) is 0 Å². The third-order valence-electron chi connectivity index (χ3n) is 3.58. The van der Waals surface area contributed by atoms with Crippen molar-refractivity contribution in [3.05, 3.63) is 70.7 Å². The lowest BCUT2D eigenvalue weighted by molar-refractivity contribution is -0.125. The Bertz CT molecular complexity index is 816. The highest BCUT2D eigenvalue weighted by atomic mass is 32.1. The van der Waals surface area contributed by atoms with Crippen molar-refractivity contribution in [1.82, 2.24) is 9.88 Å². The molecule has 0 aliphatic heterocycles. The summed E-state index contributed by atoms with van der Waals surface area (Å²) in [5, 5.41) is 0.950. The van der Waals surface area contributed by atoms with Gasteiger partial charge in [-0.3, -0.25) is 4.79 Å². The second-order valence-corrected chi connectivity index (χ2v) is 6.63. The van der Waals surface area contributed by atoms with Gasteiger partial charge in [-0.25, -0.2) is 4.98 Å². The molecule has 0 saturated carbocycles. The fourth-order valence-corrected chi connectivity index (χ4v) is 3.26. The first-order chi connectivity index (χ1) is 11.1. The number of aryl methyl sites for hydroxylation is 1. The minimum atomic E-state index is -0.0233. The number of aromatic nitrogens is 1. The van der Waals surface area contributed by atoms with E-state index in [-0.39, 0.29) is 5.91 Å². The fraction of sp³-hybridized carbons (Fsp3) is 0.158. The van der Waals surface area contributed by atoms with Crippen molar-refractivity contribution in [2.75, 3.05) is 7.05 Å². The third kappa shape index (κ3) is 3.85. The van der Waals surface area contributed by atoms with Gasteiger partial charge in [0.1, 0.15) is 5.01 Å². The van der Waals surface area contributed by atoms with Crippen molar-refractivity contribution in [3.63, 3.8) is 0 Å². The molecule has 0 fully saturated rings. The molecule has 2 aromatic carbocycles. The Morgan fingerprint density at radius 2 is 1.91 bits per heavy atom. The molecule has 116 valence electrons. The van der Waals surface area contributed by atoms with Crippen LogP contribution in [0.2, 0.25) is 0 Å². The van der Waals surface area contributed by atoms with Gasteiger partial charge in [-0.1, -0.05) is 42.0 Å². The minimum Gasteiger partial charge on any atom is -0.335 e. The Morgan fingerprint density at radius 1 is 1.17 bits per heavy atom. The van der Waals surface area contributed by atoms with Crippen LogP contribution in [0.1, 0.15) is 16.1 Å². The van der Waals surface area contributed by atoms with Crippen LogP contribution in [0.3, 0.4) is 0 Å². The number of hydrogen-bond donors (Lipinski definition) is 0. The number of thiazole rings is 1. The van der Waals surface area contributed by atoms with Gasteiger partial charge in [-0.05, 0) is 30.7 Å². The van der Waals surface area contributed by atoms with Crippen molar-refractivity contribution in [2.45, 2.75) is 13.5 Å². The molecule has 0 N–H and O–H groups in total. The van der Waals surface area contributed by atoms with Crippen molar-refractivity contribution >= 4 is 33.5 Å². The summed E-state index contributed by atoms with van der Waals surface area (Å²) >= 11 is 1.63. The smallest absolute Gasteiger partial charge is 0.246 e. The lowest BCUT2D eigenvalue weighted by atomic mass is 10.1. The highest BCUT2D eigenvalue weighted by Crippen LogP contribution is 2.22. The molecule has 0 atom stereocenters. The molecule has 1 amide bonds. The van der Waals surface area contributed by atoms with Gasteiger partial charge in [0.25, 0.3) is 0 Å². The number of likely N-dealkylation sites (N-methyl/N-ethyl adjacent to an activating group) is 1. The average Bonchev–Trinajstić information content (AvgIpc) is 2.96. The second kappa shape index (κ2) is 6.75. The van der Waals surface area contributed by atoms with Crippen LogP contribution in [-0.2, 0) is 11.3 Å². The van der Waals surface area contributed by atoms with E-state index in [2.05, 4.69) is 11.1 Å². The monoisotopic (exact) mass is 322 g/mol. The minimum absolute atomic E-state index is 0.0233. The number of nitrogens with zero attached hydrogens (tertiary/aromatic N) is 2. The van der Waals surface area contributed by atoms with Crippen LogP contribution in [-0.4, -0.2) is 22.8 Å². The molecule has 0 bridgehead atoms. The molecule has 0 aliphatic rings. The lowest BCUT2D eigenvalue weighted by Gasteiger charge is -2.12. The molecule has 0 spiro atoms.